The summed E-state index contributed by atoms with van der Waals surface area (Å²) >= 11 is 11.5. The third kappa shape index (κ3) is 2.88. The van der Waals surface area contributed by atoms with Gasteiger partial charge in [0.2, 0.25) is 0 Å². The fourth-order valence-electron chi connectivity index (χ4n) is 1.12. The second-order valence-electron chi connectivity index (χ2n) is 2.93. The van der Waals surface area contributed by atoms with Gasteiger partial charge >= 0.3 is 0 Å². The van der Waals surface area contributed by atoms with Crippen LogP contribution in [0.4, 0.5) is 0 Å². The molecule has 1 radical (unpaired) electrons. The molecule has 0 N–H and O–H groups in total. The summed E-state index contributed by atoms with van der Waals surface area (Å²) in [7, 11) is 0. The second kappa shape index (κ2) is 4.56. The number of ether oxygens (including phenoxy) is 1. The summed E-state index contributed by atoms with van der Waals surface area (Å²) in [6, 6.07) is 15.2. The molecule has 0 atom stereocenters. The molecular weight excluding hydrogens is 231 g/mol. The average Bonchev–Trinajstić information content (AvgIpc) is 2.22. The number of hydrogen-bond donors (Lipinski definition) is 0. The Morgan fingerprint density at radius 3 is 2.33 bits per heavy atom. The van der Waals surface area contributed by atoms with Gasteiger partial charge in [0, 0.05) is 17.2 Å². The smallest absolute Gasteiger partial charge is 0.128 e. The SMILES string of the molecule is Clc1[c]ccc(Oc2ccc(Cl)cc2)c1. The molecule has 3 heteroatoms. The highest BCUT2D eigenvalue weighted by Crippen LogP contribution is 2.24. The molecule has 0 aliphatic heterocycles. The first-order valence-electron chi connectivity index (χ1n) is 4.35. The van der Waals surface area contributed by atoms with Crippen LogP contribution in [0.15, 0.2) is 42.5 Å². The normalized spacial score (nSPS) is 10.0. The number of rotatable bonds is 2. The first-order chi connectivity index (χ1) is 7.24. The molecule has 15 heavy (non-hydrogen) atoms. The Morgan fingerprint density at radius 2 is 1.67 bits per heavy atom. The lowest BCUT2D eigenvalue weighted by molar-refractivity contribution is 0.483. The number of hydrogen-bond acceptors (Lipinski definition) is 1. The zero-order valence-electron chi connectivity index (χ0n) is 7.71. The molecule has 0 unspecified atom stereocenters. The minimum atomic E-state index is 0.529. The van der Waals surface area contributed by atoms with Gasteiger partial charge in [0.25, 0.3) is 0 Å². The van der Waals surface area contributed by atoms with Crippen molar-refractivity contribution in [3.05, 3.63) is 58.6 Å². The lowest BCUT2D eigenvalue weighted by Crippen LogP contribution is -1.83. The van der Waals surface area contributed by atoms with Gasteiger partial charge in [-0.05, 0) is 36.4 Å². The van der Waals surface area contributed by atoms with Crippen molar-refractivity contribution in [3.8, 4) is 11.5 Å². The van der Waals surface area contributed by atoms with Gasteiger partial charge in [0.05, 0.1) is 5.02 Å². The quantitative estimate of drug-likeness (QED) is 0.743. The second-order valence-corrected chi connectivity index (χ2v) is 3.77. The first-order valence-corrected chi connectivity index (χ1v) is 5.10. The van der Waals surface area contributed by atoms with Crippen molar-refractivity contribution in [2.45, 2.75) is 0 Å². The molecular formula is C12H7Cl2O. The van der Waals surface area contributed by atoms with Crippen molar-refractivity contribution in [1.29, 1.82) is 0 Å². The van der Waals surface area contributed by atoms with Crippen LogP contribution < -0.4 is 4.74 Å². The Kier molecular flexibility index (Phi) is 3.14. The van der Waals surface area contributed by atoms with Crippen molar-refractivity contribution in [2.75, 3.05) is 0 Å². The summed E-state index contributed by atoms with van der Waals surface area (Å²) in [6.45, 7) is 0. The zero-order valence-corrected chi connectivity index (χ0v) is 9.22. The van der Waals surface area contributed by atoms with Crippen LogP contribution in [-0.4, -0.2) is 0 Å². The van der Waals surface area contributed by atoms with E-state index >= 15 is 0 Å². The Hall–Kier alpha value is -1.18. The van der Waals surface area contributed by atoms with E-state index in [1.54, 1.807) is 42.5 Å². The molecule has 0 aromatic heterocycles. The van der Waals surface area contributed by atoms with Gasteiger partial charge in [-0.15, -0.1) is 0 Å². The van der Waals surface area contributed by atoms with Gasteiger partial charge in [-0.2, -0.15) is 0 Å². The van der Waals surface area contributed by atoms with Crippen molar-refractivity contribution in [3.63, 3.8) is 0 Å². The molecule has 0 heterocycles. The highest BCUT2D eigenvalue weighted by molar-refractivity contribution is 6.30. The lowest BCUT2D eigenvalue weighted by atomic mass is 10.3. The van der Waals surface area contributed by atoms with Crippen LogP contribution in [-0.2, 0) is 0 Å². The zero-order chi connectivity index (χ0) is 10.7. The fourth-order valence-corrected chi connectivity index (χ4v) is 1.42. The Morgan fingerprint density at radius 1 is 0.933 bits per heavy atom. The first kappa shape index (κ1) is 10.3. The predicted octanol–water partition coefficient (Wildman–Crippen LogP) is 4.59. The molecule has 0 amide bonds. The molecule has 0 aliphatic carbocycles. The van der Waals surface area contributed by atoms with Crippen LogP contribution in [0, 0.1) is 6.07 Å². The van der Waals surface area contributed by atoms with Gasteiger partial charge in [-0.1, -0.05) is 23.2 Å². The summed E-state index contributed by atoms with van der Waals surface area (Å²) in [6.07, 6.45) is 0. The maximum Gasteiger partial charge on any atom is 0.128 e. The van der Waals surface area contributed by atoms with E-state index in [1.807, 2.05) is 0 Å². The summed E-state index contributed by atoms with van der Waals surface area (Å²) < 4.78 is 5.55. The maximum atomic E-state index is 5.78. The third-order valence-corrected chi connectivity index (χ3v) is 2.26. The van der Waals surface area contributed by atoms with Crippen LogP contribution in [0.25, 0.3) is 0 Å². The molecule has 1 nitrogen and oxygen atoms in total. The molecule has 0 aliphatic rings. The molecule has 0 bridgehead atoms. The molecule has 2 aromatic rings. The van der Waals surface area contributed by atoms with Crippen LogP contribution in [0.3, 0.4) is 0 Å². The standard InChI is InChI=1S/C12H7Cl2O/c13-9-4-6-11(7-5-9)15-12-3-1-2-10(14)8-12/h1,3-8H. The van der Waals surface area contributed by atoms with Crippen LogP contribution in [0.5, 0.6) is 11.5 Å². The highest BCUT2D eigenvalue weighted by atomic mass is 35.5. The number of benzene rings is 2. The van der Waals surface area contributed by atoms with Crippen LogP contribution >= 0.6 is 23.2 Å². The van der Waals surface area contributed by atoms with Gasteiger partial charge in [0.1, 0.15) is 11.5 Å². The van der Waals surface area contributed by atoms with Crippen molar-refractivity contribution in [2.24, 2.45) is 0 Å². The summed E-state index contributed by atoms with van der Waals surface area (Å²) in [4.78, 5) is 0. The maximum absolute atomic E-state index is 5.78. The Labute approximate surface area is 98.2 Å². The highest BCUT2D eigenvalue weighted by Gasteiger charge is 1.97. The third-order valence-electron chi connectivity index (χ3n) is 1.79. The molecule has 0 saturated heterocycles. The van der Waals surface area contributed by atoms with E-state index in [2.05, 4.69) is 6.07 Å². The van der Waals surface area contributed by atoms with E-state index in [-0.39, 0.29) is 0 Å². The molecule has 0 saturated carbocycles. The van der Waals surface area contributed by atoms with Crippen molar-refractivity contribution >= 4 is 23.2 Å². The molecule has 0 fully saturated rings. The lowest BCUT2D eigenvalue weighted by Gasteiger charge is -2.05. The van der Waals surface area contributed by atoms with E-state index in [9.17, 15) is 0 Å². The van der Waals surface area contributed by atoms with Gasteiger partial charge in [-0.25, -0.2) is 0 Å². The monoisotopic (exact) mass is 237 g/mol. The topological polar surface area (TPSA) is 9.23 Å². The van der Waals surface area contributed by atoms with Crippen molar-refractivity contribution in [1.82, 2.24) is 0 Å². The Balaban J connectivity index is 2.18. The largest absolute Gasteiger partial charge is 0.457 e. The van der Waals surface area contributed by atoms with Crippen LogP contribution in [0.1, 0.15) is 0 Å². The molecule has 2 aromatic carbocycles. The molecule has 0 spiro atoms. The summed E-state index contributed by atoms with van der Waals surface area (Å²) in [5, 5.41) is 1.21. The summed E-state index contributed by atoms with van der Waals surface area (Å²) in [5.74, 6) is 1.41. The van der Waals surface area contributed by atoms with Gasteiger partial charge in [0.15, 0.2) is 0 Å². The summed E-state index contributed by atoms with van der Waals surface area (Å²) in [5.41, 5.74) is 0. The van der Waals surface area contributed by atoms with Crippen molar-refractivity contribution < 1.29 is 4.74 Å². The molecule has 75 valence electrons. The average molecular weight is 238 g/mol. The van der Waals surface area contributed by atoms with E-state index in [1.165, 1.54) is 0 Å². The Bertz CT molecular complexity index is 451. The van der Waals surface area contributed by atoms with Crippen LogP contribution in [0.2, 0.25) is 10.0 Å². The van der Waals surface area contributed by atoms with E-state index in [0.717, 1.165) is 5.75 Å². The minimum Gasteiger partial charge on any atom is -0.457 e. The van der Waals surface area contributed by atoms with Gasteiger partial charge < -0.3 is 4.74 Å². The molecule has 2 rings (SSSR count). The fraction of sp³-hybridized carbons (Fsp3) is 0. The minimum absolute atomic E-state index is 0.529. The van der Waals surface area contributed by atoms with E-state index in [4.69, 9.17) is 27.9 Å². The van der Waals surface area contributed by atoms with Gasteiger partial charge in [-0.3, -0.25) is 0 Å². The van der Waals surface area contributed by atoms with E-state index < -0.39 is 0 Å². The number of halogens is 2. The van der Waals surface area contributed by atoms with E-state index in [0.29, 0.717) is 15.8 Å². The predicted molar refractivity (Wildman–Crippen MR) is 61.8 cm³/mol.